The monoisotopic (exact) mass is 368 g/mol. The molecule has 27 heavy (non-hydrogen) atoms. The van der Waals surface area contributed by atoms with Gasteiger partial charge in [0.1, 0.15) is 12.4 Å². The van der Waals surface area contributed by atoms with Gasteiger partial charge in [-0.2, -0.15) is 0 Å². The second kappa shape index (κ2) is 8.63. The molecule has 1 aromatic rings. The van der Waals surface area contributed by atoms with E-state index in [0.29, 0.717) is 6.61 Å². The molecule has 2 N–H and O–H groups in total. The number of rotatable bonds is 6. The highest BCUT2D eigenvalue weighted by atomic mass is 16.5. The van der Waals surface area contributed by atoms with Crippen molar-refractivity contribution in [3.8, 4) is 17.6 Å². The van der Waals surface area contributed by atoms with Gasteiger partial charge in [0.05, 0.1) is 18.4 Å². The average Bonchev–Trinajstić information content (AvgIpc) is 2.99. The van der Waals surface area contributed by atoms with Gasteiger partial charge in [0.25, 0.3) is 0 Å². The van der Waals surface area contributed by atoms with E-state index >= 15 is 0 Å². The molecule has 2 aliphatic carbocycles. The van der Waals surface area contributed by atoms with Gasteiger partial charge in [-0.1, -0.05) is 24.1 Å². The maximum Gasteiger partial charge on any atom is 0.304 e. The van der Waals surface area contributed by atoms with Gasteiger partial charge in [0.2, 0.25) is 0 Å². The lowest BCUT2D eigenvalue weighted by Crippen LogP contribution is -2.21. The number of benzene rings is 1. The minimum absolute atomic E-state index is 0.00185. The van der Waals surface area contributed by atoms with Crippen LogP contribution in [0.15, 0.2) is 35.9 Å². The van der Waals surface area contributed by atoms with Crippen LogP contribution in [0.2, 0.25) is 0 Å². The number of aliphatic hydroxyl groups is 1. The molecule has 1 spiro atoms. The van der Waals surface area contributed by atoms with Crippen LogP contribution in [0.3, 0.4) is 0 Å². The van der Waals surface area contributed by atoms with Crippen molar-refractivity contribution in [2.75, 3.05) is 6.61 Å². The Kier molecular flexibility index (Phi) is 6.23. The highest BCUT2D eigenvalue weighted by molar-refractivity contribution is 5.69. The maximum absolute atomic E-state index is 11.0. The largest absolute Gasteiger partial charge is 0.489 e. The molecule has 0 saturated heterocycles. The number of allylic oxidation sites excluding steroid dienone is 1. The van der Waals surface area contributed by atoms with Crippen LogP contribution in [0.1, 0.15) is 63.4 Å². The number of ether oxygens (including phenoxy) is 1. The summed E-state index contributed by atoms with van der Waals surface area (Å²) in [4.78, 5) is 11.0. The smallest absolute Gasteiger partial charge is 0.304 e. The van der Waals surface area contributed by atoms with Crippen LogP contribution in [0.5, 0.6) is 5.75 Å². The van der Waals surface area contributed by atoms with Crippen molar-refractivity contribution in [2.24, 2.45) is 5.41 Å². The number of carbonyl (C=O) groups is 1. The SMILES string of the molecule is CC#C[C@@H](CC(=O)O)c1ccc(OCC2=C[C@@]3(CCC2)CC[C@H](O)C3)cc1. The fourth-order valence-corrected chi connectivity index (χ4v) is 4.42. The van der Waals surface area contributed by atoms with Gasteiger partial charge in [-0.3, -0.25) is 4.79 Å². The van der Waals surface area contributed by atoms with Crippen molar-refractivity contribution in [1.29, 1.82) is 0 Å². The Morgan fingerprint density at radius 3 is 2.74 bits per heavy atom. The zero-order valence-corrected chi connectivity index (χ0v) is 15.9. The summed E-state index contributed by atoms with van der Waals surface area (Å²) in [5.74, 6) is 5.41. The fraction of sp³-hybridized carbons (Fsp3) is 0.522. The number of hydrogen-bond acceptors (Lipinski definition) is 3. The van der Waals surface area contributed by atoms with Crippen molar-refractivity contribution < 1.29 is 19.7 Å². The first kappa shape index (κ1) is 19.5. The van der Waals surface area contributed by atoms with Gasteiger partial charge in [-0.25, -0.2) is 0 Å². The molecule has 4 heteroatoms. The normalized spacial score (nSPS) is 25.4. The molecule has 1 aromatic carbocycles. The van der Waals surface area contributed by atoms with Crippen molar-refractivity contribution in [1.82, 2.24) is 0 Å². The van der Waals surface area contributed by atoms with Crippen LogP contribution in [-0.4, -0.2) is 28.9 Å². The third-order valence-electron chi connectivity index (χ3n) is 5.70. The molecular weight excluding hydrogens is 340 g/mol. The molecule has 3 atom stereocenters. The van der Waals surface area contributed by atoms with E-state index in [-0.39, 0.29) is 23.9 Å². The van der Waals surface area contributed by atoms with Crippen molar-refractivity contribution in [3.63, 3.8) is 0 Å². The molecule has 2 aliphatic rings. The van der Waals surface area contributed by atoms with Crippen LogP contribution in [0, 0.1) is 17.3 Å². The molecule has 4 nitrogen and oxygen atoms in total. The molecule has 1 saturated carbocycles. The van der Waals surface area contributed by atoms with Gasteiger partial charge in [0, 0.05) is 0 Å². The zero-order chi connectivity index (χ0) is 19.3. The zero-order valence-electron chi connectivity index (χ0n) is 15.9. The van der Waals surface area contributed by atoms with Gasteiger partial charge >= 0.3 is 5.97 Å². The van der Waals surface area contributed by atoms with Crippen LogP contribution in [0.25, 0.3) is 0 Å². The Hall–Kier alpha value is -2.25. The number of aliphatic carboxylic acids is 1. The third-order valence-corrected chi connectivity index (χ3v) is 5.70. The minimum Gasteiger partial charge on any atom is -0.489 e. The summed E-state index contributed by atoms with van der Waals surface area (Å²) in [5.41, 5.74) is 2.40. The average molecular weight is 368 g/mol. The predicted molar refractivity (Wildman–Crippen MR) is 105 cm³/mol. The molecule has 0 unspecified atom stereocenters. The standard InChI is InChI=1S/C23H28O4/c1-2-4-19(13-22(25)26)18-6-8-21(9-7-18)27-16-17-5-3-11-23(14-17)12-10-20(24)15-23/h6-9,14,19-20,24H,3,5,10-13,15-16H2,1H3,(H,25,26)/t19-,20-,23+/m0/s1. The summed E-state index contributed by atoms with van der Waals surface area (Å²) in [7, 11) is 0. The molecule has 0 radical (unpaired) electrons. The second-order valence-corrected chi connectivity index (χ2v) is 7.82. The quantitative estimate of drug-likeness (QED) is 0.581. The summed E-state index contributed by atoms with van der Waals surface area (Å²) in [5, 5.41) is 18.9. The molecule has 0 heterocycles. The van der Waals surface area contributed by atoms with Crippen molar-refractivity contribution in [3.05, 3.63) is 41.5 Å². The van der Waals surface area contributed by atoms with Gasteiger partial charge in [0.15, 0.2) is 0 Å². The molecule has 0 aromatic heterocycles. The highest BCUT2D eigenvalue weighted by Gasteiger charge is 2.38. The Morgan fingerprint density at radius 1 is 1.33 bits per heavy atom. The summed E-state index contributed by atoms with van der Waals surface area (Å²) in [6, 6.07) is 7.58. The number of carboxylic acid groups (broad SMARTS) is 1. The van der Waals surface area contributed by atoms with Crippen LogP contribution < -0.4 is 4.74 Å². The molecule has 0 amide bonds. The lowest BCUT2D eigenvalue weighted by molar-refractivity contribution is -0.137. The van der Waals surface area contributed by atoms with E-state index in [4.69, 9.17) is 9.84 Å². The van der Waals surface area contributed by atoms with Crippen LogP contribution >= 0.6 is 0 Å². The highest BCUT2D eigenvalue weighted by Crippen LogP contribution is 2.47. The van der Waals surface area contributed by atoms with Gasteiger partial charge in [-0.15, -0.1) is 5.92 Å². The van der Waals surface area contributed by atoms with Gasteiger partial charge < -0.3 is 14.9 Å². The summed E-state index contributed by atoms with van der Waals surface area (Å²) < 4.78 is 5.97. The lowest BCUT2D eigenvalue weighted by Gasteiger charge is -2.31. The van der Waals surface area contributed by atoms with E-state index < -0.39 is 5.97 Å². The molecular formula is C23H28O4. The van der Waals surface area contributed by atoms with Crippen molar-refractivity contribution >= 4 is 5.97 Å². The molecule has 3 rings (SSSR count). The van der Waals surface area contributed by atoms with E-state index in [1.807, 2.05) is 24.3 Å². The van der Waals surface area contributed by atoms with Crippen LogP contribution in [-0.2, 0) is 4.79 Å². The fourth-order valence-electron chi connectivity index (χ4n) is 4.42. The third kappa shape index (κ3) is 5.14. The second-order valence-electron chi connectivity index (χ2n) is 7.82. The molecule has 0 bridgehead atoms. The maximum atomic E-state index is 11.0. The van der Waals surface area contributed by atoms with E-state index in [9.17, 15) is 9.90 Å². The summed E-state index contributed by atoms with van der Waals surface area (Å²) in [6.45, 7) is 2.30. The first-order chi connectivity index (χ1) is 13.0. The van der Waals surface area contributed by atoms with Crippen molar-refractivity contribution in [2.45, 2.75) is 63.9 Å². The van der Waals surface area contributed by atoms with E-state index in [1.54, 1.807) is 6.92 Å². The van der Waals surface area contributed by atoms with Gasteiger partial charge in [-0.05, 0) is 74.1 Å². The number of hydrogen-bond donors (Lipinski definition) is 2. The minimum atomic E-state index is -0.849. The topological polar surface area (TPSA) is 66.8 Å². The molecule has 0 aliphatic heterocycles. The van der Waals surface area contributed by atoms with Crippen LogP contribution in [0.4, 0.5) is 0 Å². The Morgan fingerprint density at radius 2 is 2.11 bits per heavy atom. The Balaban J connectivity index is 1.61. The lowest BCUT2D eigenvalue weighted by atomic mass is 9.75. The first-order valence-corrected chi connectivity index (χ1v) is 9.75. The Labute approximate surface area is 161 Å². The Bertz CT molecular complexity index is 753. The molecule has 144 valence electrons. The first-order valence-electron chi connectivity index (χ1n) is 9.75. The number of aliphatic hydroxyl groups excluding tert-OH is 1. The molecule has 1 fully saturated rings. The number of carboxylic acids is 1. The van der Waals surface area contributed by atoms with E-state index in [2.05, 4.69) is 17.9 Å². The van der Waals surface area contributed by atoms with E-state index in [1.165, 1.54) is 12.0 Å². The van der Waals surface area contributed by atoms with E-state index in [0.717, 1.165) is 43.4 Å². The summed E-state index contributed by atoms with van der Waals surface area (Å²) in [6.07, 6.45) is 8.47. The summed E-state index contributed by atoms with van der Waals surface area (Å²) >= 11 is 0. The predicted octanol–water partition coefficient (Wildman–Crippen LogP) is 4.29.